The van der Waals surface area contributed by atoms with E-state index in [0.29, 0.717) is 12.5 Å². The highest BCUT2D eigenvalue weighted by Gasteiger charge is 2.32. The zero-order chi connectivity index (χ0) is 17.0. The van der Waals surface area contributed by atoms with Crippen LogP contribution >= 0.6 is 12.2 Å². The molecule has 1 amide bonds. The summed E-state index contributed by atoms with van der Waals surface area (Å²) in [4.78, 5) is 14.2. The fraction of sp³-hybridized carbons (Fsp3) is 0.556. The summed E-state index contributed by atoms with van der Waals surface area (Å²) in [5, 5.41) is 7.11. The molecule has 0 aromatic heterocycles. The second-order valence-corrected chi connectivity index (χ2v) is 7.47. The normalized spacial score (nSPS) is 20.1. The smallest absolute Gasteiger partial charge is 0.224 e. The monoisotopic (exact) mass is 333 g/mol. The second kappa shape index (κ2) is 7.30. The number of rotatable bonds is 5. The van der Waals surface area contributed by atoms with Crippen molar-refractivity contribution in [2.24, 2.45) is 0 Å². The minimum atomic E-state index is 0.0514. The molecule has 1 aromatic carbocycles. The average Bonchev–Trinajstić information content (AvgIpc) is 2.43. The SMILES string of the molecule is Cc1ccc(NC(=O)CCCN2C(=S)NC(C)(C)C[C@H]2C)cc1. The summed E-state index contributed by atoms with van der Waals surface area (Å²) in [5.74, 6) is 0.0534. The van der Waals surface area contributed by atoms with Crippen molar-refractivity contribution < 1.29 is 4.79 Å². The van der Waals surface area contributed by atoms with Gasteiger partial charge < -0.3 is 15.5 Å². The summed E-state index contributed by atoms with van der Waals surface area (Å²) in [6.45, 7) is 9.37. The van der Waals surface area contributed by atoms with Gasteiger partial charge >= 0.3 is 0 Å². The summed E-state index contributed by atoms with van der Waals surface area (Å²) in [6, 6.07) is 8.26. The van der Waals surface area contributed by atoms with Gasteiger partial charge in [0.1, 0.15) is 0 Å². The lowest BCUT2D eigenvalue weighted by atomic mass is 9.93. The van der Waals surface area contributed by atoms with Crippen molar-refractivity contribution in [3.63, 3.8) is 0 Å². The number of anilines is 1. The maximum Gasteiger partial charge on any atom is 0.224 e. The first-order valence-corrected chi connectivity index (χ1v) is 8.63. The Morgan fingerprint density at radius 3 is 2.65 bits per heavy atom. The summed E-state index contributed by atoms with van der Waals surface area (Å²) in [7, 11) is 0. The van der Waals surface area contributed by atoms with Gasteiger partial charge in [-0.1, -0.05) is 17.7 Å². The van der Waals surface area contributed by atoms with Gasteiger partial charge in [-0.25, -0.2) is 0 Å². The lowest BCUT2D eigenvalue weighted by Crippen LogP contribution is -2.60. The molecule has 4 nitrogen and oxygen atoms in total. The van der Waals surface area contributed by atoms with Gasteiger partial charge in [0.25, 0.3) is 0 Å². The third-order valence-electron chi connectivity index (χ3n) is 4.18. The molecule has 1 saturated heterocycles. The predicted octanol–water partition coefficient (Wildman–Crippen LogP) is 3.46. The first-order valence-electron chi connectivity index (χ1n) is 8.22. The first kappa shape index (κ1) is 17.7. The van der Waals surface area contributed by atoms with Gasteiger partial charge in [-0.3, -0.25) is 4.79 Å². The Morgan fingerprint density at radius 1 is 1.39 bits per heavy atom. The molecule has 1 aliphatic rings. The summed E-state index contributed by atoms with van der Waals surface area (Å²) in [5.41, 5.74) is 2.09. The van der Waals surface area contributed by atoms with Crippen LogP contribution in [0.4, 0.5) is 5.69 Å². The Bertz CT molecular complexity index is 568. The van der Waals surface area contributed by atoms with E-state index < -0.39 is 0 Å². The van der Waals surface area contributed by atoms with Crippen LogP contribution in [0.2, 0.25) is 0 Å². The van der Waals surface area contributed by atoms with Gasteiger partial charge in [-0.15, -0.1) is 0 Å². The van der Waals surface area contributed by atoms with Gasteiger partial charge in [0.2, 0.25) is 5.91 Å². The number of aryl methyl sites for hydroxylation is 1. The average molecular weight is 334 g/mol. The van der Waals surface area contributed by atoms with E-state index in [9.17, 15) is 4.79 Å². The summed E-state index contributed by atoms with van der Waals surface area (Å²) in [6.07, 6.45) is 2.34. The molecule has 23 heavy (non-hydrogen) atoms. The Balaban J connectivity index is 1.77. The largest absolute Gasteiger partial charge is 0.358 e. The molecule has 0 radical (unpaired) electrons. The molecule has 0 aliphatic carbocycles. The number of hydrogen-bond donors (Lipinski definition) is 2. The highest BCUT2D eigenvalue weighted by atomic mass is 32.1. The maximum absolute atomic E-state index is 12.0. The quantitative estimate of drug-likeness (QED) is 0.810. The van der Waals surface area contributed by atoms with E-state index in [1.165, 1.54) is 5.56 Å². The Labute approximate surface area is 144 Å². The van der Waals surface area contributed by atoms with Crippen molar-refractivity contribution in [3.8, 4) is 0 Å². The van der Waals surface area contributed by atoms with Gasteiger partial charge in [-0.2, -0.15) is 0 Å². The van der Waals surface area contributed by atoms with E-state index in [1.54, 1.807) is 0 Å². The molecule has 0 bridgehead atoms. The zero-order valence-corrected chi connectivity index (χ0v) is 15.3. The number of hydrogen-bond acceptors (Lipinski definition) is 2. The molecule has 1 aromatic rings. The molecule has 1 aliphatic heterocycles. The molecular weight excluding hydrogens is 306 g/mol. The highest BCUT2D eigenvalue weighted by Crippen LogP contribution is 2.22. The third-order valence-corrected chi connectivity index (χ3v) is 4.52. The van der Waals surface area contributed by atoms with Crippen LogP contribution in [0.5, 0.6) is 0 Å². The van der Waals surface area contributed by atoms with Crippen LogP contribution in [0.25, 0.3) is 0 Å². The number of nitrogens with zero attached hydrogens (tertiary/aromatic N) is 1. The number of nitrogens with one attached hydrogen (secondary N) is 2. The Morgan fingerprint density at radius 2 is 2.04 bits per heavy atom. The lowest BCUT2D eigenvalue weighted by Gasteiger charge is -2.44. The molecular formula is C18H27N3OS. The van der Waals surface area contributed by atoms with Crippen molar-refractivity contribution in [2.45, 2.75) is 58.5 Å². The predicted molar refractivity (Wildman–Crippen MR) is 99.6 cm³/mol. The third kappa shape index (κ3) is 5.20. The summed E-state index contributed by atoms with van der Waals surface area (Å²) < 4.78 is 0. The van der Waals surface area contributed by atoms with E-state index in [2.05, 4.69) is 36.3 Å². The fourth-order valence-corrected chi connectivity index (χ4v) is 3.60. The van der Waals surface area contributed by atoms with Gasteiger partial charge in [0.15, 0.2) is 5.11 Å². The number of amides is 1. The number of thiocarbonyl (C=S) groups is 1. The van der Waals surface area contributed by atoms with Crippen LogP contribution in [0.15, 0.2) is 24.3 Å². The van der Waals surface area contributed by atoms with Crippen LogP contribution in [0.3, 0.4) is 0 Å². The van der Waals surface area contributed by atoms with E-state index in [4.69, 9.17) is 12.2 Å². The standard InChI is InChI=1S/C18H27N3OS/c1-13-7-9-15(10-8-13)19-16(22)6-5-11-21-14(2)12-18(3,4)20-17(21)23/h7-10,14H,5-6,11-12H2,1-4H3,(H,19,22)(H,20,23)/t14-/m1/s1. The molecule has 1 atom stereocenters. The van der Waals surface area contributed by atoms with E-state index in [0.717, 1.165) is 30.2 Å². The van der Waals surface area contributed by atoms with Crippen molar-refractivity contribution in [2.75, 3.05) is 11.9 Å². The molecule has 5 heteroatoms. The molecule has 2 rings (SSSR count). The fourth-order valence-electron chi connectivity index (χ4n) is 3.05. The van der Waals surface area contributed by atoms with E-state index >= 15 is 0 Å². The summed E-state index contributed by atoms with van der Waals surface area (Å²) >= 11 is 5.46. The minimum absolute atomic E-state index is 0.0514. The molecule has 1 heterocycles. The van der Waals surface area contributed by atoms with Gasteiger partial charge in [-0.05, 0) is 64.9 Å². The lowest BCUT2D eigenvalue weighted by molar-refractivity contribution is -0.116. The van der Waals surface area contributed by atoms with Crippen molar-refractivity contribution >= 4 is 28.9 Å². The Hall–Kier alpha value is -1.62. The highest BCUT2D eigenvalue weighted by molar-refractivity contribution is 7.80. The van der Waals surface area contributed by atoms with Crippen LogP contribution < -0.4 is 10.6 Å². The van der Waals surface area contributed by atoms with Crippen LogP contribution in [-0.2, 0) is 4.79 Å². The van der Waals surface area contributed by atoms with Crippen LogP contribution in [-0.4, -0.2) is 34.0 Å². The first-order chi connectivity index (χ1) is 10.8. The number of benzene rings is 1. The Kier molecular flexibility index (Phi) is 5.63. The molecule has 126 valence electrons. The van der Waals surface area contributed by atoms with Crippen molar-refractivity contribution in [3.05, 3.63) is 29.8 Å². The molecule has 1 fully saturated rings. The number of carbonyl (C=O) groups excluding carboxylic acids is 1. The van der Waals surface area contributed by atoms with Gasteiger partial charge in [0, 0.05) is 30.2 Å². The van der Waals surface area contributed by atoms with Crippen LogP contribution in [0.1, 0.15) is 45.6 Å². The second-order valence-electron chi connectivity index (χ2n) is 7.08. The zero-order valence-electron chi connectivity index (χ0n) is 14.5. The van der Waals surface area contributed by atoms with Crippen LogP contribution in [0, 0.1) is 6.92 Å². The molecule has 0 spiro atoms. The van der Waals surface area contributed by atoms with E-state index in [-0.39, 0.29) is 11.4 Å². The minimum Gasteiger partial charge on any atom is -0.358 e. The molecule has 0 saturated carbocycles. The van der Waals surface area contributed by atoms with Crippen molar-refractivity contribution in [1.82, 2.24) is 10.2 Å². The molecule has 2 N–H and O–H groups in total. The molecule has 0 unspecified atom stereocenters. The maximum atomic E-state index is 12.0. The number of carbonyl (C=O) groups is 1. The van der Waals surface area contributed by atoms with E-state index in [1.807, 2.05) is 31.2 Å². The van der Waals surface area contributed by atoms with Crippen molar-refractivity contribution in [1.29, 1.82) is 0 Å². The van der Waals surface area contributed by atoms with Gasteiger partial charge in [0.05, 0.1) is 0 Å². The topological polar surface area (TPSA) is 44.4 Å².